The number of unbranched alkanes of at least 4 members (excludes halogenated alkanes) is 2. The molecule has 0 atom stereocenters. The van der Waals surface area contributed by atoms with Crippen LogP contribution in [0.3, 0.4) is 0 Å². The summed E-state index contributed by atoms with van der Waals surface area (Å²) in [6.07, 6.45) is 12.5. The van der Waals surface area contributed by atoms with Crippen LogP contribution in [0.15, 0.2) is 60.8 Å². The molecule has 6 heteroatoms. The molecule has 0 N–H and O–H groups in total. The van der Waals surface area contributed by atoms with Crippen molar-refractivity contribution in [3.05, 3.63) is 71.9 Å². The Bertz CT molecular complexity index is 1180. The summed E-state index contributed by atoms with van der Waals surface area (Å²) in [6.45, 7) is 12.0. The van der Waals surface area contributed by atoms with E-state index >= 15 is 0 Å². The molecule has 0 radical (unpaired) electrons. The second-order valence-electron chi connectivity index (χ2n) is 9.62. The van der Waals surface area contributed by atoms with E-state index in [1.54, 1.807) is 0 Å². The molecule has 0 aliphatic rings. The number of hydrogen-bond acceptors (Lipinski definition) is 4. The first-order valence-electron chi connectivity index (χ1n) is 14.4. The van der Waals surface area contributed by atoms with Crippen LogP contribution >= 0.6 is 7.60 Å². The zero-order chi connectivity index (χ0) is 27.2. The number of para-hydroxylation sites is 1. The number of anilines is 1. The predicted octanol–water partition coefficient (Wildman–Crippen LogP) is 8.36. The van der Waals surface area contributed by atoms with Gasteiger partial charge in [0.1, 0.15) is 6.54 Å². The molecular weight excluding hydrogens is 491 g/mol. The van der Waals surface area contributed by atoms with Crippen LogP contribution in [0.25, 0.3) is 23.1 Å². The molecule has 0 fully saturated rings. The number of hydrogen-bond donors (Lipinski definition) is 0. The maximum Gasteiger partial charge on any atom is 0.330 e. The Labute approximate surface area is 230 Å². The van der Waals surface area contributed by atoms with Gasteiger partial charge in [-0.05, 0) is 56.0 Å². The molecule has 38 heavy (non-hydrogen) atoms. The van der Waals surface area contributed by atoms with E-state index in [-0.39, 0.29) is 0 Å². The van der Waals surface area contributed by atoms with Crippen molar-refractivity contribution in [3.8, 4) is 0 Å². The van der Waals surface area contributed by atoms with Gasteiger partial charge in [-0.3, -0.25) is 4.57 Å². The first-order valence-corrected chi connectivity index (χ1v) is 16.1. The van der Waals surface area contributed by atoms with Gasteiger partial charge in [-0.25, -0.2) is 0 Å². The van der Waals surface area contributed by atoms with E-state index < -0.39 is 7.60 Å². The number of aromatic nitrogens is 1. The molecule has 206 valence electrons. The molecule has 0 amide bonds. The standard InChI is InChI=1S/C32H46N2O3P/c1-5-9-23-33(24-10-6-2)30-20-17-28(18-21-30)16-19-29-22-26-34(32-15-12-11-14-31(29)32)25-13-27-38(35,36-7-3)37-8-4/h11-12,14-22,26H,5-10,13,23-25,27H2,1-4H3/q+1. The fraction of sp³-hybridized carbons (Fsp3) is 0.469. The Balaban J connectivity index is 1.73. The number of benzene rings is 2. The largest absolute Gasteiger partial charge is 0.372 e. The average molecular weight is 538 g/mol. The van der Waals surface area contributed by atoms with Crippen molar-refractivity contribution in [2.45, 2.75) is 66.3 Å². The van der Waals surface area contributed by atoms with E-state index in [1.165, 1.54) is 47.9 Å². The molecule has 0 aliphatic heterocycles. The molecule has 2 aromatic carbocycles. The SMILES string of the molecule is CCCCN(CCCC)c1ccc(C=Cc2cc[n+](CCCP(=O)(OCC)OCC)c3ccccc23)cc1. The van der Waals surface area contributed by atoms with Crippen LogP contribution in [0.1, 0.15) is 70.9 Å². The maximum atomic E-state index is 12.8. The third-order valence-corrected chi connectivity index (χ3v) is 8.88. The van der Waals surface area contributed by atoms with Gasteiger partial charge >= 0.3 is 7.60 Å². The van der Waals surface area contributed by atoms with Crippen LogP contribution in [0.4, 0.5) is 5.69 Å². The van der Waals surface area contributed by atoms with E-state index in [0.29, 0.717) is 19.4 Å². The van der Waals surface area contributed by atoms with Crippen molar-refractivity contribution in [1.29, 1.82) is 0 Å². The van der Waals surface area contributed by atoms with E-state index in [1.807, 2.05) is 13.8 Å². The molecule has 1 heterocycles. The van der Waals surface area contributed by atoms with Crippen LogP contribution in [-0.4, -0.2) is 32.5 Å². The summed E-state index contributed by atoms with van der Waals surface area (Å²) in [5.41, 5.74) is 4.86. The second-order valence-corrected chi connectivity index (χ2v) is 11.8. The molecule has 3 rings (SSSR count). The predicted molar refractivity (Wildman–Crippen MR) is 162 cm³/mol. The lowest BCUT2D eigenvalue weighted by Crippen LogP contribution is -2.34. The normalized spacial score (nSPS) is 12.0. The van der Waals surface area contributed by atoms with Crippen molar-refractivity contribution in [2.75, 3.05) is 37.4 Å². The zero-order valence-corrected chi connectivity index (χ0v) is 24.7. The molecule has 0 spiro atoms. The van der Waals surface area contributed by atoms with E-state index in [2.05, 4.69) is 96.3 Å². The topological polar surface area (TPSA) is 42.7 Å². The molecule has 0 saturated carbocycles. The van der Waals surface area contributed by atoms with Gasteiger partial charge in [0.2, 0.25) is 5.52 Å². The number of pyridine rings is 1. The van der Waals surface area contributed by atoms with Gasteiger partial charge in [0.25, 0.3) is 0 Å². The summed E-state index contributed by atoms with van der Waals surface area (Å²) >= 11 is 0. The molecule has 5 nitrogen and oxygen atoms in total. The molecule has 0 unspecified atom stereocenters. The van der Waals surface area contributed by atoms with Gasteiger partial charge in [0, 0.05) is 37.3 Å². The summed E-state index contributed by atoms with van der Waals surface area (Å²) in [5, 5.41) is 1.20. The number of nitrogens with zero attached hydrogens (tertiary/aromatic N) is 2. The third-order valence-electron chi connectivity index (χ3n) is 6.72. The molecule has 0 saturated heterocycles. The van der Waals surface area contributed by atoms with E-state index in [0.717, 1.165) is 31.6 Å². The lowest BCUT2D eigenvalue weighted by atomic mass is 10.1. The highest BCUT2D eigenvalue weighted by Crippen LogP contribution is 2.48. The number of fused-ring (bicyclic) bond motifs is 1. The van der Waals surface area contributed by atoms with E-state index in [4.69, 9.17) is 9.05 Å². The van der Waals surface area contributed by atoms with E-state index in [9.17, 15) is 4.57 Å². The van der Waals surface area contributed by atoms with Gasteiger partial charge in [-0.15, -0.1) is 0 Å². The molecule has 0 bridgehead atoms. The van der Waals surface area contributed by atoms with Crippen LogP contribution in [0.2, 0.25) is 0 Å². The quantitative estimate of drug-likeness (QED) is 0.128. The summed E-state index contributed by atoms with van der Waals surface area (Å²) in [5.74, 6) is 0. The van der Waals surface area contributed by atoms with Crippen LogP contribution in [0.5, 0.6) is 0 Å². The van der Waals surface area contributed by atoms with Gasteiger partial charge in [0.15, 0.2) is 6.20 Å². The fourth-order valence-electron chi connectivity index (χ4n) is 4.69. The minimum atomic E-state index is -3.02. The van der Waals surface area contributed by atoms with Crippen molar-refractivity contribution in [2.24, 2.45) is 0 Å². The molecule has 1 aromatic heterocycles. The van der Waals surface area contributed by atoms with Gasteiger partial charge < -0.3 is 13.9 Å². The smallest absolute Gasteiger partial charge is 0.330 e. The highest BCUT2D eigenvalue weighted by molar-refractivity contribution is 7.53. The average Bonchev–Trinajstić information content (AvgIpc) is 2.93. The second kappa shape index (κ2) is 15.8. The number of rotatable bonds is 17. The Kier molecular flexibility index (Phi) is 12.5. The van der Waals surface area contributed by atoms with Gasteiger partial charge in [0.05, 0.1) is 24.8 Å². The van der Waals surface area contributed by atoms with Crippen LogP contribution < -0.4 is 9.47 Å². The summed E-state index contributed by atoms with van der Waals surface area (Å²) in [4.78, 5) is 2.52. The minimum absolute atomic E-state index is 0.396. The summed E-state index contributed by atoms with van der Waals surface area (Å²) in [7, 11) is -3.02. The lowest BCUT2D eigenvalue weighted by Gasteiger charge is -2.24. The lowest BCUT2D eigenvalue weighted by molar-refractivity contribution is -0.671. The fourth-order valence-corrected chi connectivity index (χ4v) is 6.34. The third kappa shape index (κ3) is 8.80. The van der Waals surface area contributed by atoms with Crippen LogP contribution in [0, 0.1) is 0 Å². The Morgan fingerprint density at radius 1 is 0.816 bits per heavy atom. The first-order chi connectivity index (χ1) is 18.5. The number of aryl methyl sites for hydroxylation is 1. The Morgan fingerprint density at radius 3 is 2.11 bits per heavy atom. The molecule has 3 aromatic rings. The Hall–Kier alpha value is -2.46. The molecule has 0 aliphatic carbocycles. The van der Waals surface area contributed by atoms with Crippen molar-refractivity contribution < 1.29 is 18.2 Å². The molecular formula is C32H46N2O3P+. The summed E-state index contributed by atoms with van der Waals surface area (Å²) < 4.78 is 26.0. The highest BCUT2D eigenvalue weighted by atomic mass is 31.2. The van der Waals surface area contributed by atoms with Crippen LogP contribution in [-0.2, 0) is 20.2 Å². The minimum Gasteiger partial charge on any atom is -0.372 e. The summed E-state index contributed by atoms with van der Waals surface area (Å²) in [6, 6.07) is 19.6. The van der Waals surface area contributed by atoms with Crippen molar-refractivity contribution in [3.63, 3.8) is 0 Å². The highest BCUT2D eigenvalue weighted by Gasteiger charge is 2.24. The van der Waals surface area contributed by atoms with Crippen molar-refractivity contribution in [1.82, 2.24) is 0 Å². The monoisotopic (exact) mass is 537 g/mol. The van der Waals surface area contributed by atoms with Gasteiger partial charge in [-0.1, -0.05) is 63.1 Å². The van der Waals surface area contributed by atoms with Gasteiger partial charge in [-0.2, -0.15) is 4.57 Å². The Morgan fingerprint density at radius 2 is 1.47 bits per heavy atom. The first kappa shape index (κ1) is 30.1. The zero-order valence-electron chi connectivity index (χ0n) is 23.8. The van der Waals surface area contributed by atoms with Crippen molar-refractivity contribution >= 4 is 36.3 Å². The maximum absolute atomic E-state index is 12.8.